The van der Waals surface area contributed by atoms with E-state index in [9.17, 15) is 4.79 Å². The second-order valence-electron chi connectivity index (χ2n) is 5.32. The molecule has 0 radical (unpaired) electrons. The molecule has 3 N–H and O–H groups in total. The maximum Gasteiger partial charge on any atom is 0.251 e. The number of hydrogen-bond donors (Lipinski definition) is 2. The molecule has 3 heteroatoms. The van der Waals surface area contributed by atoms with Gasteiger partial charge in [0.05, 0.1) is 6.04 Å². The van der Waals surface area contributed by atoms with Crippen LogP contribution in [0.4, 0.5) is 5.69 Å². The third kappa shape index (κ3) is 2.82. The van der Waals surface area contributed by atoms with Crippen LogP contribution >= 0.6 is 0 Å². The minimum absolute atomic E-state index is 0.0574. The maximum absolute atomic E-state index is 12.3. The van der Waals surface area contributed by atoms with Crippen molar-refractivity contribution < 1.29 is 4.79 Å². The number of hydrogen-bond acceptors (Lipinski definition) is 2. The Morgan fingerprint density at radius 2 is 1.85 bits per heavy atom. The predicted molar refractivity (Wildman–Crippen MR) is 80.2 cm³/mol. The average molecular weight is 266 g/mol. The standard InChI is InChI=1S/C17H18N2O/c18-15-8-4-7-14(11-15)17(20)19-16(13-9-10-13)12-5-2-1-3-6-12/h1-8,11,13,16H,9-10,18H2,(H,19,20). The van der Waals surface area contributed by atoms with Crippen LogP contribution in [-0.4, -0.2) is 5.91 Å². The number of carbonyl (C=O) groups is 1. The Balaban J connectivity index is 1.79. The summed E-state index contributed by atoms with van der Waals surface area (Å²) in [6.07, 6.45) is 2.35. The Labute approximate surface area is 118 Å². The van der Waals surface area contributed by atoms with Crippen molar-refractivity contribution in [3.05, 3.63) is 65.7 Å². The van der Waals surface area contributed by atoms with Gasteiger partial charge < -0.3 is 11.1 Å². The molecule has 0 saturated heterocycles. The van der Waals surface area contributed by atoms with E-state index in [1.165, 1.54) is 18.4 Å². The molecule has 1 unspecified atom stereocenters. The Morgan fingerprint density at radius 1 is 1.10 bits per heavy atom. The van der Waals surface area contributed by atoms with Gasteiger partial charge >= 0.3 is 0 Å². The molecule has 0 heterocycles. The molecule has 2 aromatic carbocycles. The van der Waals surface area contributed by atoms with Crippen LogP contribution in [0.3, 0.4) is 0 Å². The molecule has 1 aliphatic carbocycles. The zero-order valence-electron chi connectivity index (χ0n) is 11.3. The van der Waals surface area contributed by atoms with Crippen molar-refractivity contribution in [3.8, 4) is 0 Å². The van der Waals surface area contributed by atoms with Crippen molar-refractivity contribution in [2.45, 2.75) is 18.9 Å². The Morgan fingerprint density at radius 3 is 2.50 bits per heavy atom. The van der Waals surface area contributed by atoms with Crippen molar-refractivity contribution >= 4 is 11.6 Å². The van der Waals surface area contributed by atoms with Gasteiger partial charge in [-0.05, 0) is 42.5 Å². The zero-order chi connectivity index (χ0) is 13.9. The largest absolute Gasteiger partial charge is 0.399 e. The number of anilines is 1. The number of nitrogen functional groups attached to an aromatic ring is 1. The summed E-state index contributed by atoms with van der Waals surface area (Å²) in [5, 5.41) is 3.14. The number of nitrogens with one attached hydrogen (secondary N) is 1. The smallest absolute Gasteiger partial charge is 0.251 e. The molecule has 1 amide bonds. The second-order valence-corrected chi connectivity index (χ2v) is 5.32. The quantitative estimate of drug-likeness (QED) is 0.835. The van der Waals surface area contributed by atoms with Crippen molar-refractivity contribution in [1.29, 1.82) is 0 Å². The first-order valence-electron chi connectivity index (χ1n) is 6.95. The van der Waals surface area contributed by atoms with Crippen LogP contribution in [0.5, 0.6) is 0 Å². The molecule has 3 nitrogen and oxygen atoms in total. The molecular weight excluding hydrogens is 248 g/mol. The van der Waals surface area contributed by atoms with E-state index < -0.39 is 0 Å². The van der Waals surface area contributed by atoms with Crippen LogP contribution < -0.4 is 11.1 Å². The highest BCUT2D eigenvalue weighted by Gasteiger charge is 2.33. The molecule has 0 spiro atoms. The van der Waals surface area contributed by atoms with Gasteiger partial charge in [0, 0.05) is 11.3 Å². The highest BCUT2D eigenvalue weighted by molar-refractivity contribution is 5.95. The van der Waals surface area contributed by atoms with E-state index in [2.05, 4.69) is 17.4 Å². The van der Waals surface area contributed by atoms with E-state index in [1.807, 2.05) is 18.2 Å². The van der Waals surface area contributed by atoms with Crippen molar-refractivity contribution in [2.75, 3.05) is 5.73 Å². The van der Waals surface area contributed by atoms with Crippen molar-refractivity contribution in [3.63, 3.8) is 0 Å². The van der Waals surface area contributed by atoms with E-state index >= 15 is 0 Å². The molecule has 1 fully saturated rings. The predicted octanol–water partition coefficient (Wildman–Crippen LogP) is 3.15. The first-order chi connectivity index (χ1) is 9.74. The van der Waals surface area contributed by atoms with Crippen LogP contribution in [-0.2, 0) is 0 Å². The van der Waals surface area contributed by atoms with Crippen LogP contribution in [0, 0.1) is 5.92 Å². The van der Waals surface area contributed by atoms with E-state index in [4.69, 9.17) is 5.73 Å². The molecular formula is C17H18N2O. The topological polar surface area (TPSA) is 55.1 Å². The number of benzene rings is 2. The summed E-state index contributed by atoms with van der Waals surface area (Å²) in [7, 11) is 0. The fraction of sp³-hybridized carbons (Fsp3) is 0.235. The summed E-state index contributed by atoms with van der Waals surface area (Å²) in [4.78, 5) is 12.3. The molecule has 1 atom stereocenters. The SMILES string of the molecule is Nc1cccc(C(=O)NC(c2ccccc2)C2CC2)c1. The van der Waals surface area contributed by atoms with Gasteiger partial charge in [-0.25, -0.2) is 0 Å². The molecule has 102 valence electrons. The summed E-state index contributed by atoms with van der Waals surface area (Å²) in [6, 6.07) is 17.4. The van der Waals surface area contributed by atoms with Gasteiger partial charge in [0.25, 0.3) is 5.91 Å². The van der Waals surface area contributed by atoms with E-state index in [0.29, 0.717) is 17.2 Å². The van der Waals surface area contributed by atoms with Crippen molar-refractivity contribution in [1.82, 2.24) is 5.32 Å². The summed E-state index contributed by atoms with van der Waals surface area (Å²) in [5.74, 6) is 0.500. The number of carbonyl (C=O) groups excluding carboxylic acids is 1. The van der Waals surface area contributed by atoms with Gasteiger partial charge in [-0.3, -0.25) is 4.79 Å². The van der Waals surface area contributed by atoms with E-state index in [0.717, 1.165) is 0 Å². The van der Waals surface area contributed by atoms with E-state index in [1.54, 1.807) is 24.3 Å². The van der Waals surface area contributed by atoms with Crippen LogP contribution in [0.1, 0.15) is 34.8 Å². The van der Waals surface area contributed by atoms with Crippen molar-refractivity contribution in [2.24, 2.45) is 5.92 Å². The third-order valence-electron chi connectivity index (χ3n) is 3.69. The fourth-order valence-corrected chi connectivity index (χ4v) is 2.47. The lowest BCUT2D eigenvalue weighted by molar-refractivity contribution is 0.0931. The van der Waals surface area contributed by atoms with Gasteiger partial charge in [-0.15, -0.1) is 0 Å². The molecule has 0 bridgehead atoms. The lowest BCUT2D eigenvalue weighted by Crippen LogP contribution is -2.29. The van der Waals surface area contributed by atoms with Gasteiger partial charge in [0.15, 0.2) is 0 Å². The molecule has 1 aliphatic rings. The molecule has 20 heavy (non-hydrogen) atoms. The zero-order valence-corrected chi connectivity index (χ0v) is 11.3. The lowest BCUT2D eigenvalue weighted by Gasteiger charge is -2.19. The summed E-state index contributed by atoms with van der Waals surface area (Å²) >= 11 is 0. The second kappa shape index (κ2) is 5.37. The van der Waals surface area contributed by atoms with E-state index in [-0.39, 0.29) is 11.9 Å². The summed E-state index contributed by atoms with van der Waals surface area (Å²) in [6.45, 7) is 0. The minimum Gasteiger partial charge on any atom is -0.399 e. The van der Waals surface area contributed by atoms with Crippen LogP contribution in [0.25, 0.3) is 0 Å². The van der Waals surface area contributed by atoms with Gasteiger partial charge in [-0.2, -0.15) is 0 Å². The first kappa shape index (κ1) is 12.7. The minimum atomic E-state index is -0.0574. The van der Waals surface area contributed by atoms with Crippen LogP contribution in [0.2, 0.25) is 0 Å². The third-order valence-corrected chi connectivity index (χ3v) is 3.69. The Bertz CT molecular complexity index is 605. The highest BCUT2D eigenvalue weighted by atomic mass is 16.1. The monoisotopic (exact) mass is 266 g/mol. The van der Waals surface area contributed by atoms with Gasteiger partial charge in [0.2, 0.25) is 0 Å². The molecule has 1 saturated carbocycles. The average Bonchev–Trinajstić information content (AvgIpc) is 3.30. The molecule has 3 rings (SSSR count). The summed E-state index contributed by atoms with van der Waals surface area (Å²) < 4.78 is 0. The maximum atomic E-state index is 12.3. The first-order valence-corrected chi connectivity index (χ1v) is 6.95. The highest BCUT2D eigenvalue weighted by Crippen LogP contribution is 2.41. The Kier molecular flexibility index (Phi) is 3.42. The molecule has 2 aromatic rings. The molecule has 0 aromatic heterocycles. The number of nitrogens with two attached hydrogens (primary N) is 1. The fourth-order valence-electron chi connectivity index (χ4n) is 2.47. The van der Waals surface area contributed by atoms with Crippen LogP contribution in [0.15, 0.2) is 54.6 Å². The number of rotatable bonds is 4. The molecule has 0 aliphatic heterocycles. The summed E-state index contributed by atoms with van der Waals surface area (Å²) in [5.41, 5.74) is 8.13. The number of amides is 1. The lowest BCUT2D eigenvalue weighted by atomic mass is 10.0. The van der Waals surface area contributed by atoms with Gasteiger partial charge in [-0.1, -0.05) is 36.4 Å². The Hall–Kier alpha value is -2.29. The normalized spacial score (nSPS) is 15.6. The van der Waals surface area contributed by atoms with Gasteiger partial charge in [0.1, 0.15) is 0 Å².